The van der Waals surface area contributed by atoms with Gasteiger partial charge in [0.05, 0.1) is 37.0 Å². The third-order valence-electron chi connectivity index (χ3n) is 7.58. The van der Waals surface area contributed by atoms with E-state index in [2.05, 4.69) is 19.9 Å². The van der Waals surface area contributed by atoms with Crippen molar-refractivity contribution in [1.82, 2.24) is 19.9 Å². The van der Waals surface area contributed by atoms with Crippen molar-refractivity contribution in [2.24, 2.45) is 0 Å². The maximum absolute atomic E-state index is 12.0. The smallest absolute Gasteiger partial charge is 0.178 e. The van der Waals surface area contributed by atoms with Crippen LogP contribution in [-0.4, -0.2) is 48.8 Å². The minimum atomic E-state index is -3.23. The van der Waals surface area contributed by atoms with Crippen LogP contribution in [0.5, 0.6) is 0 Å². The van der Waals surface area contributed by atoms with Gasteiger partial charge >= 0.3 is 0 Å². The fourth-order valence-electron chi connectivity index (χ4n) is 4.88. The highest BCUT2D eigenvalue weighted by Gasteiger charge is 2.15. The minimum Gasteiger partial charge on any atom is -0.261 e. The summed E-state index contributed by atoms with van der Waals surface area (Å²) in [4.78, 5) is 18.1. The van der Waals surface area contributed by atoms with Crippen LogP contribution in [0, 0.1) is 13.8 Å². The molecule has 50 heavy (non-hydrogen) atoms. The molecule has 8 nitrogen and oxygen atoms in total. The van der Waals surface area contributed by atoms with Crippen LogP contribution < -0.4 is 0 Å². The van der Waals surface area contributed by atoms with E-state index in [0.29, 0.717) is 14.9 Å². The number of aryl methyl sites for hydroxylation is 2. The molecule has 0 aliphatic heterocycles. The lowest BCUT2D eigenvalue weighted by atomic mass is 10.0. The molecule has 0 saturated heterocycles. The van der Waals surface area contributed by atoms with Crippen LogP contribution in [0.15, 0.2) is 120 Å². The Morgan fingerprint density at radius 1 is 0.540 bits per heavy atom. The summed E-state index contributed by atoms with van der Waals surface area (Å²) in [5.41, 5.74) is 8.45. The van der Waals surface area contributed by atoms with Gasteiger partial charge in [0.2, 0.25) is 0 Å². The lowest BCUT2D eigenvalue weighted by Gasteiger charge is -2.11. The highest BCUT2D eigenvalue weighted by Crippen LogP contribution is 2.34. The molecule has 0 aliphatic carbocycles. The molecule has 12 heteroatoms. The van der Waals surface area contributed by atoms with Gasteiger partial charge in [0, 0.05) is 64.7 Å². The minimum absolute atomic E-state index is 0. The quantitative estimate of drug-likeness (QED) is 0.159. The van der Waals surface area contributed by atoms with E-state index in [1.54, 1.807) is 80.2 Å². The SMILES string of the molecule is C.CCS(=O)(=O)c1ccc(-c2cc(Cl)cnc2-c2ccc(C)nc2)cc1.Cc1ccc(-c2ncc(Cl)cc2-c2ccc(S(C)(=O)=O)cc2)cn1. The van der Waals surface area contributed by atoms with Crippen LogP contribution >= 0.6 is 23.2 Å². The van der Waals surface area contributed by atoms with Crippen molar-refractivity contribution in [3.05, 3.63) is 131 Å². The summed E-state index contributed by atoms with van der Waals surface area (Å²) in [6, 6.07) is 24.9. The molecular formula is C38H36Cl2N4O4S2. The van der Waals surface area contributed by atoms with Gasteiger partial charge in [-0.15, -0.1) is 0 Å². The van der Waals surface area contributed by atoms with E-state index in [0.717, 1.165) is 56.2 Å². The van der Waals surface area contributed by atoms with Gasteiger partial charge in [-0.1, -0.05) is 61.8 Å². The third-order valence-corrected chi connectivity index (χ3v) is 10.9. The van der Waals surface area contributed by atoms with Crippen molar-refractivity contribution < 1.29 is 16.8 Å². The van der Waals surface area contributed by atoms with Crippen LogP contribution in [-0.2, 0) is 19.7 Å². The summed E-state index contributed by atoms with van der Waals surface area (Å²) in [7, 11) is -6.45. The second-order valence-corrected chi connectivity index (χ2v) is 16.4. The number of rotatable bonds is 7. The Hall–Kier alpha value is -4.48. The first-order valence-corrected chi connectivity index (χ1v) is 19.4. The Labute approximate surface area is 304 Å². The summed E-state index contributed by atoms with van der Waals surface area (Å²) < 4.78 is 47.2. The zero-order valence-corrected chi connectivity index (χ0v) is 30.2. The van der Waals surface area contributed by atoms with Gasteiger partial charge in [-0.25, -0.2) is 16.8 Å². The zero-order chi connectivity index (χ0) is 35.3. The van der Waals surface area contributed by atoms with E-state index in [9.17, 15) is 16.8 Å². The van der Waals surface area contributed by atoms with Crippen molar-refractivity contribution in [1.29, 1.82) is 0 Å². The maximum Gasteiger partial charge on any atom is 0.178 e. The van der Waals surface area contributed by atoms with Gasteiger partial charge in [-0.05, 0) is 85.6 Å². The summed E-state index contributed by atoms with van der Waals surface area (Å²) in [6.07, 6.45) is 7.90. The number of nitrogens with zero attached hydrogens (tertiary/aromatic N) is 4. The molecule has 0 fully saturated rings. The van der Waals surface area contributed by atoms with Gasteiger partial charge in [-0.2, -0.15) is 0 Å². The van der Waals surface area contributed by atoms with Crippen molar-refractivity contribution >= 4 is 42.9 Å². The first kappa shape index (κ1) is 38.3. The molecule has 6 rings (SSSR count). The lowest BCUT2D eigenvalue weighted by Crippen LogP contribution is -2.03. The predicted octanol–water partition coefficient (Wildman–Crippen LogP) is 9.38. The van der Waals surface area contributed by atoms with Crippen LogP contribution in [0.25, 0.3) is 44.8 Å². The van der Waals surface area contributed by atoms with Crippen LogP contribution in [0.1, 0.15) is 25.7 Å². The van der Waals surface area contributed by atoms with Gasteiger partial charge in [0.1, 0.15) is 0 Å². The Morgan fingerprint density at radius 3 is 1.26 bits per heavy atom. The summed E-state index contributed by atoms with van der Waals surface area (Å²) in [5.74, 6) is 0.0748. The average Bonchev–Trinajstić information content (AvgIpc) is 3.09. The fraction of sp³-hybridized carbons (Fsp3) is 0.158. The van der Waals surface area contributed by atoms with E-state index in [1.807, 2.05) is 50.2 Å². The second kappa shape index (κ2) is 16.0. The molecule has 258 valence electrons. The topological polar surface area (TPSA) is 120 Å². The second-order valence-electron chi connectivity index (χ2n) is 11.2. The fourth-order valence-corrected chi connectivity index (χ4v) is 6.72. The van der Waals surface area contributed by atoms with Crippen LogP contribution in [0.4, 0.5) is 0 Å². The molecule has 0 aliphatic rings. The monoisotopic (exact) mass is 746 g/mol. The van der Waals surface area contributed by atoms with Crippen molar-refractivity contribution in [2.45, 2.75) is 38.0 Å². The summed E-state index contributed by atoms with van der Waals surface area (Å²) in [6.45, 7) is 5.48. The Kier molecular flexibility index (Phi) is 12.3. The molecule has 0 saturated carbocycles. The van der Waals surface area contributed by atoms with Gasteiger partial charge < -0.3 is 0 Å². The van der Waals surface area contributed by atoms with E-state index in [1.165, 1.54) is 6.26 Å². The number of benzene rings is 2. The van der Waals surface area contributed by atoms with Crippen molar-refractivity contribution in [3.8, 4) is 44.8 Å². The first-order valence-electron chi connectivity index (χ1n) is 15.1. The van der Waals surface area contributed by atoms with E-state index < -0.39 is 19.7 Å². The molecule has 4 aromatic heterocycles. The molecule has 0 N–H and O–H groups in total. The molecule has 0 unspecified atom stereocenters. The largest absolute Gasteiger partial charge is 0.261 e. The number of hydrogen-bond donors (Lipinski definition) is 0. The molecule has 4 heterocycles. The van der Waals surface area contributed by atoms with Gasteiger partial charge in [-0.3, -0.25) is 19.9 Å². The molecule has 0 amide bonds. The Balaban J connectivity index is 0.000000220. The molecule has 0 radical (unpaired) electrons. The van der Waals surface area contributed by atoms with Gasteiger partial charge in [0.25, 0.3) is 0 Å². The highest BCUT2D eigenvalue weighted by atomic mass is 35.5. The number of sulfone groups is 2. The first-order chi connectivity index (χ1) is 23.2. The van der Waals surface area contributed by atoms with Crippen molar-refractivity contribution in [3.63, 3.8) is 0 Å². The Morgan fingerprint density at radius 2 is 0.920 bits per heavy atom. The zero-order valence-electron chi connectivity index (χ0n) is 27.1. The Bertz CT molecular complexity index is 2320. The van der Waals surface area contributed by atoms with E-state index in [-0.39, 0.29) is 18.1 Å². The highest BCUT2D eigenvalue weighted by molar-refractivity contribution is 7.91. The molecular weight excluding hydrogens is 711 g/mol. The number of aromatic nitrogens is 4. The number of pyridine rings is 4. The number of hydrogen-bond acceptors (Lipinski definition) is 8. The van der Waals surface area contributed by atoms with Crippen LogP contribution in [0.2, 0.25) is 10.0 Å². The lowest BCUT2D eigenvalue weighted by molar-refractivity contribution is 0.596. The number of halogens is 2. The molecule has 2 aromatic carbocycles. The average molecular weight is 748 g/mol. The standard InChI is InChI=1S/C19H17ClN2O2S.C18H15ClN2O2S.CH4/c1-3-25(23,24)17-8-6-14(7-9-17)18-10-16(20)12-22-19(18)15-5-4-13(2)21-11-15;1-12-3-4-14(10-20-12)18-17(9-15(19)11-21-18)13-5-7-16(8-6-13)24(2,22)23;/h4-12H,3H2,1-2H3;3-11H,1-2H3;1H4. The summed E-state index contributed by atoms with van der Waals surface area (Å²) in [5, 5.41) is 1.03. The molecule has 0 atom stereocenters. The predicted molar refractivity (Wildman–Crippen MR) is 203 cm³/mol. The van der Waals surface area contributed by atoms with Crippen LogP contribution in [0.3, 0.4) is 0 Å². The van der Waals surface area contributed by atoms with Gasteiger partial charge in [0.15, 0.2) is 19.7 Å². The van der Waals surface area contributed by atoms with Crippen molar-refractivity contribution in [2.75, 3.05) is 12.0 Å². The molecule has 0 bridgehead atoms. The normalized spacial score (nSPS) is 11.2. The maximum atomic E-state index is 12.0. The third kappa shape index (κ3) is 9.19. The molecule has 0 spiro atoms. The van der Waals surface area contributed by atoms with E-state index >= 15 is 0 Å². The summed E-state index contributed by atoms with van der Waals surface area (Å²) >= 11 is 12.2. The van der Waals surface area contributed by atoms with E-state index in [4.69, 9.17) is 23.2 Å². The molecule has 6 aromatic rings.